The van der Waals surface area contributed by atoms with Gasteiger partial charge in [0.25, 0.3) is 5.91 Å². The van der Waals surface area contributed by atoms with Crippen LogP contribution in [0.5, 0.6) is 5.75 Å². The number of primary sulfonamides is 1. The van der Waals surface area contributed by atoms with Gasteiger partial charge in [-0.25, -0.2) is 23.1 Å². The van der Waals surface area contributed by atoms with Gasteiger partial charge in [0.2, 0.25) is 10.0 Å². The average Bonchev–Trinajstić information content (AvgIpc) is 2.71. The Morgan fingerprint density at radius 3 is 2.55 bits per heavy atom. The van der Waals surface area contributed by atoms with E-state index in [0.717, 1.165) is 0 Å². The highest BCUT2D eigenvalue weighted by Crippen LogP contribution is 2.20. The maximum atomic E-state index is 12.0. The van der Waals surface area contributed by atoms with Gasteiger partial charge < -0.3 is 19.2 Å². The number of nitrogens with two attached hydrogens (primary N) is 1. The number of aryl methyl sites for hydroxylation is 1. The van der Waals surface area contributed by atoms with Gasteiger partial charge in [0.1, 0.15) is 11.3 Å². The molecule has 0 unspecified atom stereocenters. The lowest BCUT2D eigenvalue weighted by Gasteiger charge is -2.10. The van der Waals surface area contributed by atoms with Gasteiger partial charge in [-0.1, -0.05) is 6.07 Å². The summed E-state index contributed by atoms with van der Waals surface area (Å²) in [6.07, 6.45) is 0. The van der Waals surface area contributed by atoms with E-state index in [0.29, 0.717) is 16.5 Å². The van der Waals surface area contributed by atoms with E-state index in [2.05, 4.69) is 5.32 Å². The monoisotopic (exact) mass is 446 g/mol. The number of benzene rings is 2. The summed E-state index contributed by atoms with van der Waals surface area (Å²) in [5.41, 5.74) is 0.399. The summed E-state index contributed by atoms with van der Waals surface area (Å²) in [7, 11) is -3.94. The molecular weight excluding hydrogens is 428 g/mol. The minimum absolute atomic E-state index is 0.123. The van der Waals surface area contributed by atoms with Crippen LogP contribution >= 0.6 is 0 Å². The van der Waals surface area contributed by atoms with Crippen LogP contribution in [0.15, 0.2) is 62.6 Å². The maximum Gasteiger partial charge on any atom is 0.344 e. The fraction of sp³-hybridized carbons (Fsp3) is 0.150. The Morgan fingerprint density at radius 1 is 1.06 bits per heavy atom. The van der Waals surface area contributed by atoms with Crippen LogP contribution in [0.25, 0.3) is 11.0 Å². The molecule has 1 heterocycles. The molecule has 3 N–H and O–H groups in total. The molecule has 3 rings (SSSR count). The Hall–Kier alpha value is -3.70. The first-order valence-electron chi connectivity index (χ1n) is 8.87. The minimum atomic E-state index is -3.94. The van der Waals surface area contributed by atoms with E-state index in [1.165, 1.54) is 30.3 Å². The van der Waals surface area contributed by atoms with Crippen molar-refractivity contribution in [3.05, 3.63) is 64.5 Å². The molecule has 3 aromatic rings. The van der Waals surface area contributed by atoms with Crippen molar-refractivity contribution >= 4 is 38.6 Å². The largest absolute Gasteiger partial charge is 0.482 e. The molecule has 10 nitrogen and oxygen atoms in total. The molecule has 1 aromatic heterocycles. The highest BCUT2D eigenvalue weighted by atomic mass is 32.2. The lowest BCUT2D eigenvalue weighted by molar-refractivity contribution is -0.149. The predicted molar refractivity (Wildman–Crippen MR) is 110 cm³/mol. The second-order valence-corrected chi connectivity index (χ2v) is 8.01. The number of nitrogens with one attached hydrogen (secondary N) is 1. The van der Waals surface area contributed by atoms with E-state index in [1.807, 2.05) is 0 Å². The number of hydrogen-bond donors (Lipinski definition) is 2. The zero-order valence-corrected chi connectivity index (χ0v) is 17.1. The molecule has 0 fully saturated rings. The van der Waals surface area contributed by atoms with Crippen LogP contribution in [0.3, 0.4) is 0 Å². The van der Waals surface area contributed by atoms with Gasteiger partial charge in [-0.15, -0.1) is 0 Å². The quantitative estimate of drug-likeness (QED) is 0.406. The van der Waals surface area contributed by atoms with Gasteiger partial charge in [-0.3, -0.25) is 4.79 Å². The van der Waals surface area contributed by atoms with Crippen LogP contribution in [-0.2, 0) is 24.3 Å². The molecule has 0 aliphatic rings. The van der Waals surface area contributed by atoms with Gasteiger partial charge in [0.05, 0.1) is 4.90 Å². The summed E-state index contributed by atoms with van der Waals surface area (Å²) in [6.45, 7) is 0.486. The normalized spacial score (nSPS) is 11.2. The third kappa shape index (κ3) is 5.90. The SMILES string of the molecule is Cc1ccc(NC(=O)COC(=O)COc2ccc3ccc(=O)oc3c2)cc1S(N)(=O)=O. The smallest absolute Gasteiger partial charge is 0.344 e. The predicted octanol–water partition coefficient (Wildman–Crippen LogP) is 1.31. The number of ether oxygens (including phenoxy) is 2. The van der Waals surface area contributed by atoms with Crippen molar-refractivity contribution in [2.24, 2.45) is 5.14 Å². The van der Waals surface area contributed by atoms with Gasteiger partial charge in [-0.2, -0.15) is 0 Å². The molecule has 0 spiro atoms. The second-order valence-electron chi connectivity index (χ2n) is 6.48. The molecule has 0 saturated carbocycles. The number of sulfonamides is 1. The minimum Gasteiger partial charge on any atom is -0.482 e. The highest BCUT2D eigenvalue weighted by Gasteiger charge is 2.14. The van der Waals surface area contributed by atoms with Crippen LogP contribution in [-0.4, -0.2) is 33.5 Å². The molecule has 31 heavy (non-hydrogen) atoms. The molecule has 0 saturated heterocycles. The Balaban J connectivity index is 1.52. The Bertz CT molecular complexity index is 1310. The summed E-state index contributed by atoms with van der Waals surface area (Å²) < 4.78 is 38.2. The number of hydrogen-bond acceptors (Lipinski definition) is 8. The van der Waals surface area contributed by atoms with Gasteiger partial charge in [0.15, 0.2) is 13.2 Å². The molecule has 0 atom stereocenters. The van der Waals surface area contributed by atoms with Crippen molar-refractivity contribution in [3.8, 4) is 5.75 Å². The van der Waals surface area contributed by atoms with Crippen LogP contribution in [0.4, 0.5) is 5.69 Å². The fourth-order valence-corrected chi connectivity index (χ4v) is 3.45. The van der Waals surface area contributed by atoms with E-state index in [-0.39, 0.29) is 16.3 Å². The summed E-state index contributed by atoms with van der Waals surface area (Å²) in [6, 6.07) is 11.8. The summed E-state index contributed by atoms with van der Waals surface area (Å²) in [5, 5.41) is 8.24. The summed E-state index contributed by atoms with van der Waals surface area (Å²) >= 11 is 0. The topological polar surface area (TPSA) is 155 Å². The fourth-order valence-electron chi connectivity index (χ4n) is 2.64. The van der Waals surface area contributed by atoms with Gasteiger partial charge >= 0.3 is 11.6 Å². The number of esters is 1. The summed E-state index contributed by atoms with van der Waals surface area (Å²) in [4.78, 5) is 34.9. The number of anilines is 1. The number of carbonyl (C=O) groups is 2. The molecule has 0 aliphatic heterocycles. The Labute approximate surface area is 176 Å². The standard InChI is InChI=1S/C20H18N2O8S/c1-12-2-5-14(8-17(12)31(21,26)27)22-18(23)10-29-20(25)11-28-15-6-3-13-4-7-19(24)30-16(13)9-15/h2-9H,10-11H2,1H3,(H,22,23)(H2,21,26,27). The lowest BCUT2D eigenvalue weighted by Crippen LogP contribution is -2.24. The molecule has 11 heteroatoms. The van der Waals surface area contributed by atoms with Crippen molar-refractivity contribution in [2.75, 3.05) is 18.5 Å². The molecule has 1 amide bonds. The van der Waals surface area contributed by atoms with Crippen LogP contribution in [0.2, 0.25) is 0 Å². The highest BCUT2D eigenvalue weighted by molar-refractivity contribution is 7.89. The molecule has 0 radical (unpaired) electrons. The molecule has 0 aliphatic carbocycles. The third-order valence-corrected chi connectivity index (χ3v) is 5.15. The Morgan fingerprint density at radius 2 is 1.81 bits per heavy atom. The van der Waals surface area contributed by atoms with E-state index in [4.69, 9.17) is 19.0 Å². The molecule has 162 valence electrons. The van der Waals surface area contributed by atoms with Crippen molar-refractivity contribution in [1.82, 2.24) is 0 Å². The number of carbonyl (C=O) groups excluding carboxylic acids is 2. The summed E-state index contributed by atoms with van der Waals surface area (Å²) in [5.74, 6) is -1.21. The van der Waals surface area contributed by atoms with Crippen LogP contribution in [0.1, 0.15) is 5.56 Å². The lowest BCUT2D eigenvalue weighted by atomic mass is 10.2. The van der Waals surface area contributed by atoms with Crippen molar-refractivity contribution in [1.29, 1.82) is 0 Å². The van der Waals surface area contributed by atoms with Crippen molar-refractivity contribution in [2.45, 2.75) is 11.8 Å². The molecule has 0 bridgehead atoms. The molecular formula is C20H18N2O8S. The number of amides is 1. The van der Waals surface area contributed by atoms with E-state index in [1.54, 1.807) is 25.1 Å². The number of fused-ring (bicyclic) bond motifs is 1. The first kappa shape index (κ1) is 22.0. The van der Waals surface area contributed by atoms with Crippen molar-refractivity contribution < 1.29 is 31.9 Å². The average molecular weight is 446 g/mol. The Kier molecular flexibility index (Phi) is 6.37. The van der Waals surface area contributed by atoms with Crippen molar-refractivity contribution in [3.63, 3.8) is 0 Å². The zero-order chi connectivity index (χ0) is 22.6. The number of rotatable bonds is 7. The van der Waals surface area contributed by atoms with Gasteiger partial charge in [-0.05, 0) is 42.8 Å². The third-order valence-electron chi connectivity index (χ3n) is 4.09. The second kappa shape index (κ2) is 8.98. The van der Waals surface area contributed by atoms with Gasteiger partial charge in [0, 0.05) is 23.2 Å². The van der Waals surface area contributed by atoms with E-state index >= 15 is 0 Å². The van der Waals surface area contributed by atoms with Crippen LogP contribution in [0, 0.1) is 6.92 Å². The van der Waals surface area contributed by atoms with Crippen LogP contribution < -0.4 is 20.8 Å². The van der Waals surface area contributed by atoms with E-state index in [9.17, 15) is 22.8 Å². The maximum absolute atomic E-state index is 12.0. The zero-order valence-electron chi connectivity index (χ0n) is 16.3. The first-order chi connectivity index (χ1) is 14.6. The first-order valence-corrected chi connectivity index (χ1v) is 10.4. The molecule has 2 aromatic carbocycles. The van der Waals surface area contributed by atoms with E-state index < -0.39 is 40.7 Å².